The predicted octanol–water partition coefficient (Wildman–Crippen LogP) is 4.26. The Kier molecular flexibility index (Phi) is 10.4. The lowest BCUT2D eigenvalue weighted by Gasteiger charge is -1.98. The molecule has 0 radical (unpaired) electrons. The summed E-state index contributed by atoms with van der Waals surface area (Å²) in [6.07, 6.45) is 11.3. The highest BCUT2D eigenvalue weighted by Gasteiger charge is 1.90. The molecule has 0 aromatic rings. The molecule has 0 nitrogen and oxygen atoms in total. The maximum Gasteiger partial charge on any atom is 0.0894 e. The Bertz CT molecular complexity index is 89.0. The van der Waals surface area contributed by atoms with Crippen molar-refractivity contribution in [3.63, 3.8) is 0 Å². The lowest BCUT2D eigenvalue weighted by atomic mass is 10.1. The van der Waals surface area contributed by atoms with Crippen LogP contribution < -0.4 is 0 Å². The first-order valence-corrected chi connectivity index (χ1v) is 5.08. The van der Waals surface area contributed by atoms with Crippen LogP contribution in [0.3, 0.4) is 0 Å². The van der Waals surface area contributed by atoms with Crippen LogP contribution in [-0.4, -0.2) is 6.67 Å². The van der Waals surface area contributed by atoms with Gasteiger partial charge in [-0.25, -0.2) is 0 Å². The van der Waals surface area contributed by atoms with Gasteiger partial charge in [0.2, 0.25) is 0 Å². The Morgan fingerprint density at radius 2 is 1.33 bits per heavy atom. The molecule has 72 valence electrons. The molecule has 0 aliphatic carbocycles. The normalized spacial score (nSPS) is 10.1. The Morgan fingerprint density at radius 1 is 0.833 bits per heavy atom. The van der Waals surface area contributed by atoms with Gasteiger partial charge in [0, 0.05) is 0 Å². The molecule has 0 amide bonds. The van der Waals surface area contributed by atoms with Crippen LogP contribution in [0.4, 0.5) is 4.39 Å². The van der Waals surface area contributed by atoms with Gasteiger partial charge in [0.1, 0.15) is 0 Å². The highest BCUT2D eigenvalue weighted by molar-refractivity contribution is 4.65. The smallest absolute Gasteiger partial charge is 0.0894 e. The third kappa shape index (κ3) is 9.67. The molecule has 0 heterocycles. The molecule has 0 atom stereocenters. The lowest BCUT2D eigenvalue weighted by Crippen LogP contribution is -1.81. The molecule has 12 heavy (non-hydrogen) atoms. The van der Waals surface area contributed by atoms with Gasteiger partial charge in [0.25, 0.3) is 0 Å². The topological polar surface area (TPSA) is 0 Å². The summed E-state index contributed by atoms with van der Waals surface area (Å²) < 4.78 is 11.7. The van der Waals surface area contributed by atoms with Crippen LogP contribution in [0.25, 0.3) is 0 Å². The molecule has 0 aliphatic heterocycles. The van der Waals surface area contributed by atoms with Crippen molar-refractivity contribution in [1.82, 2.24) is 0 Å². The van der Waals surface area contributed by atoms with E-state index in [0.717, 1.165) is 19.3 Å². The quantitative estimate of drug-likeness (QED) is 0.360. The summed E-state index contributed by atoms with van der Waals surface area (Å²) in [5.41, 5.74) is 0. The van der Waals surface area contributed by atoms with E-state index in [4.69, 9.17) is 0 Å². The minimum Gasteiger partial charge on any atom is -0.251 e. The van der Waals surface area contributed by atoms with E-state index in [1.165, 1.54) is 32.1 Å². The zero-order chi connectivity index (χ0) is 9.07. The second kappa shape index (κ2) is 10.7. The summed E-state index contributed by atoms with van der Waals surface area (Å²) in [6.45, 7) is 3.53. The van der Waals surface area contributed by atoms with Gasteiger partial charge in [0.15, 0.2) is 0 Å². The molecule has 0 spiro atoms. The lowest BCUT2D eigenvalue weighted by molar-refractivity contribution is 0.449. The van der Waals surface area contributed by atoms with Crippen molar-refractivity contribution in [2.75, 3.05) is 6.67 Å². The fraction of sp³-hybridized carbons (Fsp3) is 0.818. The Balaban J connectivity index is 2.77. The van der Waals surface area contributed by atoms with Crippen LogP contribution >= 0.6 is 0 Å². The van der Waals surface area contributed by atoms with Crippen molar-refractivity contribution < 1.29 is 4.39 Å². The van der Waals surface area contributed by atoms with E-state index in [-0.39, 0.29) is 6.67 Å². The Labute approximate surface area is 75.9 Å². The van der Waals surface area contributed by atoms with Crippen molar-refractivity contribution in [3.8, 4) is 0 Å². The van der Waals surface area contributed by atoms with Gasteiger partial charge in [-0.2, -0.15) is 0 Å². The van der Waals surface area contributed by atoms with Crippen molar-refractivity contribution >= 4 is 0 Å². The monoisotopic (exact) mass is 172 g/mol. The van der Waals surface area contributed by atoms with E-state index in [1.54, 1.807) is 0 Å². The molecule has 0 rings (SSSR count). The van der Waals surface area contributed by atoms with Gasteiger partial charge in [-0.1, -0.05) is 38.2 Å². The highest BCUT2D eigenvalue weighted by atomic mass is 19.1. The molecule has 0 N–H and O–H groups in total. The maximum atomic E-state index is 11.7. The van der Waals surface area contributed by atoms with Crippen molar-refractivity contribution in [2.45, 2.75) is 51.4 Å². The Hall–Kier alpha value is -0.330. The molecule has 0 unspecified atom stereocenters. The first-order chi connectivity index (χ1) is 5.91. The second-order valence-corrected chi connectivity index (χ2v) is 3.24. The fourth-order valence-corrected chi connectivity index (χ4v) is 1.27. The summed E-state index contributed by atoms with van der Waals surface area (Å²) in [5, 5.41) is 0. The van der Waals surface area contributed by atoms with Crippen molar-refractivity contribution in [3.05, 3.63) is 12.7 Å². The standard InChI is InChI=1S/C11H21F/c1-2-3-4-5-6-7-8-9-10-11-12/h2H,1,3-11H2. The van der Waals surface area contributed by atoms with E-state index < -0.39 is 0 Å². The van der Waals surface area contributed by atoms with E-state index in [0.29, 0.717) is 0 Å². The van der Waals surface area contributed by atoms with Crippen molar-refractivity contribution in [1.29, 1.82) is 0 Å². The predicted molar refractivity (Wildman–Crippen MR) is 53.1 cm³/mol. The van der Waals surface area contributed by atoms with Crippen LogP contribution in [0.2, 0.25) is 0 Å². The van der Waals surface area contributed by atoms with Gasteiger partial charge in [0.05, 0.1) is 6.67 Å². The molecule has 0 bridgehead atoms. The zero-order valence-electron chi connectivity index (χ0n) is 8.03. The molecule has 0 saturated heterocycles. The summed E-state index contributed by atoms with van der Waals surface area (Å²) in [4.78, 5) is 0. The van der Waals surface area contributed by atoms with E-state index in [9.17, 15) is 4.39 Å². The van der Waals surface area contributed by atoms with Gasteiger partial charge in [-0.15, -0.1) is 6.58 Å². The van der Waals surface area contributed by atoms with E-state index in [2.05, 4.69) is 6.58 Å². The second-order valence-electron chi connectivity index (χ2n) is 3.24. The number of alkyl halides is 1. The molecule has 0 saturated carbocycles. The van der Waals surface area contributed by atoms with Crippen LogP contribution in [0.5, 0.6) is 0 Å². The molecule has 0 fully saturated rings. The van der Waals surface area contributed by atoms with Crippen LogP contribution in [-0.2, 0) is 0 Å². The van der Waals surface area contributed by atoms with E-state index in [1.807, 2.05) is 6.08 Å². The first kappa shape index (κ1) is 11.7. The number of halogens is 1. The number of hydrogen-bond donors (Lipinski definition) is 0. The van der Waals surface area contributed by atoms with Crippen LogP contribution in [0, 0.1) is 0 Å². The molecular weight excluding hydrogens is 151 g/mol. The summed E-state index contributed by atoms with van der Waals surface area (Å²) in [5.74, 6) is 0. The van der Waals surface area contributed by atoms with Gasteiger partial charge in [-0.3, -0.25) is 4.39 Å². The van der Waals surface area contributed by atoms with E-state index >= 15 is 0 Å². The molecule has 0 aromatic carbocycles. The van der Waals surface area contributed by atoms with Gasteiger partial charge in [-0.05, 0) is 19.3 Å². The third-order valence-electron chi connectivity index (χ3n) is 2.04. The maximum absolute atomic E-state index is 11.7. The average Bonchev–Trinajstić information content (AvgIpc) is 2.10. The number of unbranched alkanes of at least 4 members (excludes halogenated alkanes) is 7. The molecule has 0 aliphatic rings. The summed E-state index contributed by atoms with van der Waals surface area (Å²) in [6, 6.07) is 0. The van der Waals surface area contributed by atoms with Crippen LogP contribution in [0.15, 0.2) is 12.7 Å². The largest absolute Gasteiger partial charge is 0.251 e. The van der Waals surface area contributed by atoms with Crippen molar-refractivity contribution in [2.24, 2.45) is 0 Å². The molecule has 0 aromatic heterocycles. The average molecular weight is 172 g/mol. The number of allylic oxidation sites excluding steroid dienone is 1. The number of hydrogen-bond acceptors (Lipinski definition) is 0. The SMILES string of the molecule is C=CCCCCCCCCCF. The molecular formula is C11H21F. The first-order valence-electron chi connectivity index (χ1n) is 5.08. The van der Waals surface area contributed by atoms with Gasteiger partial charge < -0.3 is 0 Å². The zero-order valence-corrected chi connectivity index (χ0v) is 8.03. The summed E-state index contributed by atoms with van der Waals surface area (Å²) in [7, 11) is 0. The third-order valence-corrected chi connectivity index (χ3v) is 2.04. The fourth-order valence-electron chi connectivity index (χ4n) is 1.27. The number of rotatable bonds is 9. The van der Waals surface area contributed by atoms with Gasteiger partial charge >= 0.3 is 0 Å². The highest BCUT2D eigenvalue weighted by Crippen LogP contribution is 2.08. The minimum atomic E-state index is -0.142. The van der Waals surface area contributed by atoms with Crippen LogP contribution in [0.1, 0.15) is 51.4 Å². The Morgan fingerprint density at radius 3 is 1.83 bits per heavy atom. The minimum absolute atomic E-state index is 0.142. The molecule has 1 heteroatoms. The summed E-state index contributed by atoms with van der Waals surface area (Å²) >= 11 is 0.